The second kappa shape index (κ2) is 11.4. The van der Waals surface area contributed by atoms with Crippen LogP contribution in [0.25, 0.3) is 16.8 Å². The Labute approximate surface area is 201 Å². The van der Waals surface area contributed by atoms with Gasteiger partial charge < -0.3 is 5.32 Å². The SMILES string of the molecule is O=C(/C=C\c1cccnc1)NCCCCC1CCN(S(=O)(=O)c2ccc3ccccc3c2)CC1. The summed E-state index contributed by atoms with van der Waals surface area (Å²) in [7, 11) is -3.47. The van der Waals surface area contributed by atoms with Gasteiger partial charge in [-0.3, -0.25) is 9.78 Å². The number of rotatable bonds is 9. The van der Waals surface area contributed by atoms with Crippen molar-refractivity contribution in [1.82, 2.24) is 14.6 Å². The molecule has 0 spiro atoms. The summed E-state index contributed by atoms with van der Waals surface area (Å²) in [4.78, 5) is 16.3. The van der Waals surface area contributed by atoms with Gasteiger partial charge in [0.2, 0.25) is 15.9 Å². The minimum Gasteiger partial charge on any atom is -0.353 e. The summed E-state index contributed by atoms with van der Waals surface area (Å²) in [5.41, 5.74) is 0.895. The van der Waals surface area contributed by atoms with Gasteiger partial charge in [-0.1, -0.05) is 49.2 Å². The average molecular weight is 478 g/mol. The van der Waals surface area contributed by atoms with Gasteiger partial charge in [0.25, 0.3) is 0 Å². The molecule has 2 aromatic carbocycles. The highest BCUT2D eigenvalue weighted by molar-refractivity contribution is 7.89. The Balaban J connectivity index is 1.17. The third-order valence-electron chi connectivity index (χ3n) is 6.38. The van der Waals surface area contributed by atoms with Crippen molar-refractivity contribution < 1.29 is 13.2 Å². The molecular formula is C27H31N3O3S. The molecule has 0 unspecified atom stereocenters. The molecule has 0 bridgehead atoms. The van der Waals surface area contributed by atoms with Gasteiger partial charge in [0.1, 0.15) is 0 Å². The van der Waals surface area contributed by atoms with Crippen LogP contribution in [-0.4, -0.2) is 43.2 Å². The van der Waals surface area contributed by atoms with Crippen molar-refractivity contribution in [3.8, 4) is 0 Å². The van der Waals surface area contributed by atoms with Gasteiger partial charge in [-0.15, -0.1) is 0 Å². The van der Waals surface area contributed by atoms with Crippen molar-refractivity contribution in [1.29, 1.82) is 0 Å². The first kappa shape index (κ1) is 24.1. The normalized spacial score (nSPS) is 15.6. The molecule has 2 heterocycles. The fourth-order valence-electron chi connectivity index (χ4n) is 4.39. The van der Waals surface area contributed by atoms with Crippen LogP contribution in [-0.2, 0) is 14.8 Å². The quantitative estimate of drug-likeness (QED) is 0.360. The molecule has 34 heavy (non-hydrogen) atoms. The Morgan fingerprint density at radius 1 is 1.03 bits per heavy atom. The van der Waals surface area contributed by atoms with Crippen LogP contribution in [0.1, 0.15) is 37.7 Å². The minimum atomic E-state index is -3.47. The summed E-state index contributed by atoms with van der Waals surface area (Å²) in [5.74, 6) is 0.431. The number of sulfonamides is 1. The molecule has 178 valence electrons. The number of aromatic nitrogens is 1. The molecule has 1 amide bonds. The van der Waals surface area contributed by atoms with E-state index >= 15 is 0 Å². The smallest absolute Gasteiger partial charge is 0.243 e. The van der Waals surface area contributed by atoms with Crippen LogP contribution in [0, 0.1) is 5.92 Å². The van der Waals surface area contributed by atoms with Gasteiger partial charge in [0, 0.05) is 38.1 Å². The summed E-state index contributed by atoms with van der Waals surface area (Å²) in [6.45, 7) is 1.77. The Morgan fingerprint density at radius 2 is 1.82 bits per heavy atom. The van der Waals surface area contributed by atoms with Crippen LogP contribution in [0.15, 0.2) is 78.0 Å². The lowest BCUT2D eigenvalue weighted by Gasteiger charge is -2.31. The molecule has 0 atom stereocenters. The van der Waals surface area contributed by atoms with E-state index in [9.17, 15) is 13.2 Å². The number of amides is 1. The maximum atomic E-state index is 13.1. The third-order valence-corrected chi connectivity index (χ3v) is 8.28. The highest BCUT2D eigenvalue weighted by Crippen LogP contribution is 2.28. The van der Waals surface area contributed by atoms with Crippen molar-refractivity contribution >= 4 is 32.8 Å². The van der Waals surface area contributed by atoms with Gasteiger partial charge in [0.15, 0.2) is 0 Å². The molecule has 6 nitrogen and oxygen atoms in total. The lowest BCUT2D eigenvalue weighted by atomic mass is 9.92. The number of fused-ring (bicyclic) bond motifs is 1. The number of nitrogens with one attached hydrogen (secondary N) is 1. The number of carbonyl (C=O) groups is 1. The second-order valence-electron chi connectivity index (χ2n) is 8.76. The topological polar surface area (TPSA) is 79.4 Å². The predicted octanol–water partition coefficient (Wildman–Crippen LogP) is 4.64. The maximum absolute atomic E-state index is 13.1. The summed E-state index contributed by atoms with van der Waals surface area (Å²) < 4.78 is 27.9. The molecule has 0 radical (unpaired) electrons. The van der Waals surface area contributed by atoms with Crippen LogP contribution in [0.4, 0.5) is 0 Å². The molecule has 4 rings (SSSR count). The lowest BCUT2D eigenvalue weighted by molar-refractivity contribution is -0.116. The standard InChI is InChI=1S/C27H31N3O3S/c31-27(13-10-23-7-5-16-28-21-23)29-17-4-3-6-22-14-18-30(19-15-22)34(32,33)26-12-11-24-8-1-2-9-25(24)20-26/h1-2,5,7-13,16,20-22H,3-4,6,14-15,17-19H2,(H,29,31)/b13-10-. The molecule has 1 saturated heterocycles. The van der Waals surface area contributed by atoms with E-state index in [1.54, 1.807) is 34.9 Å². The lowest BCUT2D eigenvalue weighted by Crippen LogP contribution is -2.38. The van der Waals surface area contributed by atoms with Crippen molar-refractivity contribution in [3.63, 3.8) is 0 Å². The number of carbonyl (C=O) groups excluding carboxylic acids is 1. The molecular weight excluding hydrogens is 446 g/mol. The van der Waals surface area contributed by atoms with E-state index in [1.807, 2.05) is 42.5 Å². The molecule has 0 saturated carbocycles. The van der Waals surface area contributed by atoms with E-state index in [1.165, 1.54) is 6.08 Å². The molecule has 1 aromatic heterocycles. The van der Waals surface area contributed by atoms with E-state index < -0.39 is 10.0 Å². The number of benzene rings is 2. The third kappa shape index (κ3) is 6.30. The first-order valence-electron chi connectivity index (χ1n) is 11.9. The molecule has 1 aliphatic rings. The number of unbranched alkanes of at least 4 members (excludes halogenated alkanes) is 1. The molecule has 1 aliphatic heterocycles. The van der Waals surface area contributed by atoms with E-state index in [4.69, 9.17) is 0 Å². The molecule has 1 fully saturated rings. The van der Waals surface area contributed by atoms with Crippen molar-refractivity contribution in [2.75, 3.05) is 19.6 Å². The second-order valence-corrected chi connectivity index (χ2v) is 10.7. The summed E-state index contributed by atoms with van der Waals surface area (Å²) in [6.07, 6.45) is 11.5. The van der Waals surface area contributed by atoms with Gasteiger partial charge in [-0.2, -0.15) is 4.31 Å². The van der Waals surface area contributed by atoms with Crippen molar-refractivity contribution in [3.05, 3.63) is 78.6 Å². The van der Waals surface area contributed by atoms with Gasteiger partial charge in [0.05, 0.1) is 4.90 Å². The Hall–Kier alpha value is -3.03. The van der Waals surface area contributed by atoms with Crippen LogP contribution >= 0.6 is 0 Å². The molecule has 0 aliphatic carbocycles. The van der Waals surface area contributed by atoms with Crippen molar-refractivity contribution in [2.45, 2.75) is 37.0 Å². The Bertz CT molecular complexity index is 1230. The van der Waals surface area contributed by atoms with Gasteiger partial charge in [-0.25, -0.2) is 8.42 Å². The van der Waals surface area contributed by atoms with Crippen LogP contribution in [0.2, 0.25) is 0 Å². The maximum Gasteiger partial charge on any atom is 0.243 e. The fourth-order valence-corrected chi connectivity index (χ4v) is 5.90. The summed E-state index contributed by atoms with van der Waals surface area (Å²) in [6, 6.07) is 16.9. The Morgan fingerprint density at radius 3 is 2.59 bits per heavy atom. The van der Waals surface area contributed by atoms with E-state index in [0.717, 1.165) is 48.4 Å². The number of nitrogens with zero attached hydrogens (tertiary/aromatic N) is 2. The first-order chi connectivity index (χ1) is 16.5. The zero-order valence-corrected chi connectivity index (χ0v) is 20.1. The summed E-state index contributed by atoms with van der Waals surface area (Å²) in [5, 5.41) is 4.90. The van der Waals surface area contributed by atoms with Crippen LogP contribution in [0.3, 0.4) is 0 Å². The number of hydrogen-bond donors (Lipinski definition) is 1. The minimum absolute atomic E-state index is 0.101. The number of pyridine rings is 1. The number of piperidine rings is 1. The first-order valence-corrected chi connectivity index (χ1v) is 13.3. The molecule has 7 heteroatoms. The van der Waals surface area contributed by atoms with Crippen LogP contribution in [0.5, 0.6) is 0 Å². The van der Waals surface area contributed by atoms with Gasteiger partial charge >= 0.3 is 0 Å². The zero-order chi connectivity index (χ0) is 23.8. The predicted molar refractivity (Wildman–Crippen MR) is 136 cm³/mol. The highest BCUT2D eigenvalue weighted by Gasteiger charge is 2.29. The van der Waals surface area contributed by atoms with E-state index in [-0.39, 0.29) is 5.91 Å². The average Bonchev–Trinajstić information content (AvgIpc) is 2.88. The van der Waals surface area contributed by atoms with Crippen LogP contribution < -0.4 is 5.32 Å². The van der Waals surface area contributed by atoms with E-state index in [2.05, 4.69) is 10.3 Å². The number of hydrogen-bond acceptors (Lipinski definition) is 4. The Kier molecular flexibility index (Phi) is 8.08. The van der Waals surface area contributed by atoms with Crippen molar-refractivity contribution in [2.24, 2.45) is 5.92 Å². The fraction of sp³-hybridized carbons (Fsp3) is 0.333. The largest absolute Gasteiger partial charge is 0.353 e. The highest BCUT2D eigenvalue weighted by atomic mass is 32.2. The zero-order valence-electron chi connectivity index (χ0n) is 19.3. The molecule has 3 aromatic rings. The van der Waals surface area contributed by atoms with Gasteiger partial charge in [-0.05, 0) is 65.8 Å². The monoisotopic (exact) mass is 477 g/mol. The molecule has 1 N–H and O–H groups in total. The summed E-state index contributed by atoms with van der Waals surface area (Å²) >= 11 is 0. The van der Waals surface area contributed by atoms with E-state index in [0.29, 0.717) is 30.4 Å².